The molecule has 3 N–H and O–H groups in total. The van der Waals surface area contributed by atoms with Crippen molar-refractivity contribution in [3.63, 3.8) is 0 Å². The van der Waals surface area contributed by atoms with Crippen molar-refractivity contribution in [2.75, 3.05) is 5.32 Å². The first kappa shape index (κ1) is 13.2. The normalized spacial score (nSPS) is 12.6. The molecule has 0 radical (unpaired) electrons. The fraction of sp³-hybridized carbons (Fsp3) is 0.444. The molecule has 1 amide bonds. The fourth-order valence-corrected chi connectivity index (χ4v) is 1.61. The summed E-state index contributed by atoms with van der Waals surface area (Å²) in [7, 11) is 0. The highest BCUT2D eigenvalue weighted by molar-refractivity contribution is 9.10. The van der Waals surface area contributed by atoms with Gasteiger partial charge in [0.2, 0.25) is 5.91 Å². The molecule has 0 spiro atoms. The molecule has 1 unspecified atom stereocenters. The molecule has 1 aromatic heterocycles. The molecule has 0 aliphatic carbocycles. The number of rotatable bonds is 4. The van der Waals surface area contributed by atoms with Crippen LogP contribution in [0.5, 0.6) is 0 Å². The van der Waals surface area contributed by atoms with Crippen molar-refractivity contribution in [1.29, 1.82) is 0 Å². The number of nitrogens with zero attached hydrogens (tertiary/aromatic N) is 2. The molecule has 0 fully saturated rings. The van der Waals surface area contributed by atoms with Gasteiger partial charge in [-0.1, -0.05) is 25.4 Å². The number of nitrogens with two attached hydrogens (primary N) is 1. The van der Waals surface area contributed by atoms with E-state index < -0.39 is 11.9 Å². The topological polar surface area (TPSA) is 80.9 Å². The van der Waals surface area contributed by atoms with E-state index in [1.807, 2.05) is 13.8 Å². The highest BCUT2D eigenvalue weighted by Crippen LogP contribution is 2.27. The third-order valence-electron chi connectivity index (χ3n) is 2.01. The lowest BCUT2D eigenvalue weighted by Crippen LogP contribution is -2.39. The molecule has 1 aromatic rings. The number of carbonyl (C=O) groups is 1. The Morgan fingerprint density at radius 2 is 2.19 bits per heavy atom. The van der Waals surface area contributed by atoms with Crippen LogP contribution in [0.15, 0.2) is 10.8 Å². The summed E-state index contributed by atoms with van der Waals surface area (Å²) in [6, 6.07) is -0.498. The van der Waals surface area contributed by atoms with Gasteiger partial charge in [-0.3, -0.25) is 4.79 Å². The molecular formula is C9H12BrClN4O. The average Bonchev–Trinajstić information content (AvgIpc) is 2.19. The van der Waals surface area contributed by atoms with Crippen LogP contribution in [0.4, 0.5) is 5.82 Å². The molecule has 0 aliphatic heterocycles. The summed E-state index contributed by atoms with van der Waals surface area (Å²) in [5.41, 5.74) is 5.28. The molecular weight excluding hydrogens is 295 g/mol. The Morgan fingerprint density at radius 3 is 2.69 bits per heavy atom. The Kier molecular flexibility index (Phi) is 4.49. The van der Waals surface area contributed by atoms with Gasteiger partial charge in [0.15, 0.2) is 0 Å². The number of primary amides is 1. The van der Waals surface area contributed by atoms with Crippen molar-refractivity contribution in [2.24, 2.45) is 11.7 Å². The number of hydrogen-bond donors (Lipinski definition) is 2. The minimum atomic E-state index is -0.498. The van der Waals surface area contributed by atoms with E-state index >= 15 is 0 Å². The van der Waals surface area contributed by atoms with Gasteiger partial charge in [0, 0.05) is 0 Å². The maximum atomic E-state index is 11.2. The van der Waals surface area contributed by atoms with Gasteiger partial charge in [-0.15, -0.1) is 0 Å². The number of aromatic nitrogens is 2. The Morgan fingerprint density at radius 1 is 1.56 bits per heavy atom. The van der Waals surface area contributed by atoms with Gasteiger partial charge < -0.3 is 11.1 Å². The maximum Gasteiger partial charge on any atom is 0.240 e. The van der Waals surface area contributed by atoms with E-state index in [9.17, 15) is 4.79 Å². The van der Waals surface area contributed by atoms with E-state index in [1.165, 1.54) is 6.33 Å². The average molecular weight is 308 g/mol. The largest absolute Gasteiger partial charge is 0.368 e. The molecule has 0 aliphatic rings. The summed E-state index contributed by atoms with van der Waals surface area (Å²) < 4.78 is 0.517. The Bertz CT molecular complexity index is 399. The zero-order valence-electron chi connectivity index (χ0n) is 8.87. The van der Waals surface area contributed by atoms with E-state index in [4.69, 9.17) is 17.3 Å². The van der Waals surface area contributed by atoms with Gasteiger partial charge in [-0.25, -0.2) is 9.97 Å². The predicted molar refractivity (Wildman–Crippen MR) is 66.2 cm³/mol. The third-order valence-corrected chi connectivity index (χ3v) is 3.28. The van der Waals surface area contributed by atoms with Crippen LogP contribution in [0, 0.1) is 5.92 Å². The lowest BCUT2D eigenvalue weighted by Gasteiger charge is -2.20. The Labute approximate surface area is 107 Å². The molecule has 1 atom stereocenters. The molecule has 88 valence electrons. The van der Waals surface area contributed by atoms with Gasteiger partial charge in [0.1, 0.15) is 23.3 Å². The number of carbonyl (C=O) groups excluding carboxylic acids is 1. The zero-order chi connectivity index (χ0) is 12.3. The van der Waals surface area contributed by atoms with Crippen molar-refractivity contribution in [3.8, 4) is 0 Å². The van der Waals surface area contributed by atoms with Crippen LogP contribution in [0.3, 0.4) is 0 Å². The number of nitrogens with one attached hydrogen (secondary N) is 1. The highest BCUT2D eigenvalue weighted by Gasteiger charge is 2.21. The van der Waals surface area contributed by atoms with Crippen LogP contribution in [0.2, 0.25) is 5.15 Å². The van der Waals surface area contributed by atoms with Crippen molar-refractivity contribution in [2.45, 2.75) is 19.9 Å². The quantitative estimate of drug-likeness (QED) is 0.831. The minimum Gasteiger partial charge on any atom is -0.368 e. The lowest BCUT2D eigenvalue weighted by molar-refractivity contribution is -0.119. The second-order valence-electron chi connectivity index (χ2n) is 3.60. The van der Waals surface area contributed by atoms with Gasteiger partial charge in [0.05, 0.1) is 4.47 Å². The second-order valence-corrected chi connectivity index (χ2v) is 4.75. The maximum absolute atomic E-state index is 11.2. The van der Waals surface area contributed by atoms with E-state index in [0.29, 0.717) is 10.3 Å². The third kappa shape index (κ3) is 3.05. The number of anilines is 1. The molecule has 16 heavy (non-hydrogen) atoms. The van der Waals surface area contributed by atoms with Crippen LogP contribution < -0.4 is 11.1 Å². The van der Waals surface area contributed by atoms with Gasteiger partial charge in [-0.05, 0) is 21.8 Å². The lowest BCUT2D eigenvalue weighted by atomic mass is 10.0. The number of halogens is 2. The summed E-state index contributed by atoms with van der Waals surface area (Å²) in [5, 5.41) is 3.21. The number of amides is 1. The fourth-order valence-electron chi connectivity index (χ4n) is 1.16. The van der Waals surface area contributed by atoms with Crippen molar-refractivity contribution in [1.82, 2.24) is 9.97 Å². The standard InChI is InChI=1S/C9H12BrClN4O/c1-4(2)6(8(12)16)15-9-5(10)7(11)13-3-14-9/h3-4,6H,1-2H3,(H2,12,16)(H,13,14,15). The Balaban J connectivity index is 2.94. The molecule has 1 rings (SSSR count). The summed E-state index contributed by atoms with van der Waals surface area (Å²) in [6.45, 7) is 3.78. The van der Waals surface area contributed by atoms with Crippen LogP contribution in [-0.2, 0) is 4.79 Å². The van der Waals surface area contributed by atoms with Gasteiger partial charge >= 0.3 is 0 Å². The molecule has 0 aromatic carbocycles. The Hall–Kier alpha value is -0.880. The minimum absolute atomic E-state index is 0.0538. The number of hydrogen-bond acceptors (Lipinski definition) is 4. The first-order valence-electron chi connectivity index (χ1n) is 4.65. The van der Waals surface area contributed by atoms with Crippen LogP contribution in [0.1, 0.15) is 13.8 Å². The molecule has 5 nitrogen and oxygen atoms in total. The smallest absolute Gasteiger partial charge is 0.240 e. The van der Waals surface area contributed by atoms with Crippen molar-refractivity contribution >= 4 is 39.3 Å². The SMILES string of the molecule is CC(C)C(Nc1ncnc(Cl)c1Br)C(N)=O. The van der Waals surface area contributed by atoms with E-state index in [-0.39, 0.29) is 11.1 Å². The monoisotopic (exact) mass is 306 g/mol. The molecule has 0 bridgehead atoms. The van der Waals surface area contributed by atoms with Gasteiger partial charge in [0.25, 0.3) is 0 Å². The van der Waals surface area contributed by atoms with E-state index in [1.54, 1.807) is 0 Å². The molecule has 0 saturated heterocycles. The first-order chi connectivity index (χ1) is 7.43. The zero-order valence-corrected chi connectivity index (χ0v) is 11.2. The van der Waals surface area contributed by atoms with Gasteiger partial charge in [-0.2, -0.15) is 0 Å². The van der Waals surface area contributed by atoms with Crippen LogP contribution in [-0.4, -0.2) is 21.9 Å². The second kappa shape index (κ2) is 5.45. The summed E-state index contributed by atoms with van der Waals surface area (Å²) in [5.74, 6) is 0.0762. The predicted octanol–water partition coefficient (Wildman–Crippen LogP) is 1.81. The van der Waals surface area contributed by atoms with E-state index in [2.05, 4.69) is 31.2 Å². The highest BCUT2D eigenvalue weighted by atomic mass is 79.9. The molecule has 1 heterocycles. The molecule has 0 saturated carbocycles. The van der Waals surface area contributed by atoms with E-state index in [0.717, 1.165) is 0 Å². The summed E-state index contributed by atoms with van der Waals surface area (Å²) in [6.07, 6.45) is 1.31. The van der Waals surface area contributed by atoms with Crippen molar-refractivity contribution < 1.29 is 4.79 Å². The summed E-state index contributed by atoms with van der Waals surface area (Å²) >= 11 is 9.04. The first-order valence-corrected chi connectivity index (χ1v) is 5.82. The van der Waals surface area contributed by atoms with Crippen LogP contribution >= 0.6 is 27.5 Å². The molecule has 7 heteroatoms. The van der Waals surface area contributed by atoms with Crippen molar-refractivity contribution in [3.05, 3.63) is 16.0 Å². The van der Waals surface area contributed by atoms with Crippen LogP contribution in [0.25, 0.3) is 0 Å². The summed E-state index contributed by atoms with van der Waals surface area (Å²) in [4.78, 5) is 19.0.